The van der Waals surface area contributed by atoms with Gasteiger partial charge in [0, 0.05) is 6.61 Å². The Labute approximate surface area is 156 Å². The Hall–Kier alpha value is -2.65. The number of allylic oxidation sites excluding steroid dienone is 3. The van der Waals surface area contributed by atoms with E-state index < -0.39 is 23.8 Å². The molecule has 1 aliphatic carbocycles. The van der Waals surface area contributed by atoms with Crippen molar-refractivity contribution in [2.24, 2.45) is 16.1 Å². The van der Waals surface area contributed by atoms with Crippen LogP contribution in [-0.4, -0.2) is 43.1 Å². The predicted octanol–water partition coefficient (Wildman–Crippen LogP) is 1.10. The van der Waals surface area contributed by atoms with Crippen molar-refractivity contribution in [2.45, 2.75) is 38.4 Å². The highest BCUT2D eigenvalue weighted by Crippen LogP contribution is 2.24. The number of azo groups is 1. The standard InChI is InChI=1S/C18H22N4O5/c1-11(27-10-12-6-4-5-9-26-12)16(23)20-22-18(25)15-13-7-2-3-8-14(13)17(24)21-19-15/h2-3,7-8,11-12,14,19H,4-6,9-10H2,1H3,(H,21,24). The highest BCUT2D eigenvalue weighted by atomic mass is 16.5. The van der Waals surface area contributed by atoms with Crippen LogP contribution >= 0.6 is 0 Å². The molecule has 0 saturated carbocycles. The molecule has 0 spiro atoms. The second kappa shape index (κ2) is 8.83. The molecule has 1 saturated heterocycles. The van der Waals surface area contributed by atoms with Crippen molar-refractivity contribution < 1.29 is 23.9 Å². The Balaban J connectivity index is 1.57. The van der Waals surface area contributed by atoms with Crippen LogP contribution in [0.15, 0.2) is 45.8 Å². The van der Waals surface area contributed by atoms with Crippen LogP contribution < -0.4 is 10.9 Å². The summed E-state index contributed by atoms with van der Waals surface area (Å²) in [6.45, 7) is 2.56. The van der Waals surface area contributed by atoms with Crippen molar-refractivity contribution in [3.05, 3.63) is 35.6 Å². The summed E-state index contributed by atoms with van der Waals surface area (Å²) >= 11 is 0. The molecule has 0 aromatic heterocycles. The molecule has 1 fully saturated rings. The SMILES string of the molecule is CC(OCC1CCCCO1)C(=O)N=NC(=O)C1=C2C=CC=CC2C(=O)NN1. The molecule has 27 heavy (non-hydrogen) atoms. The van der Waals surface area contributed by atoms with E-state index in [-0.39, 0.29) is 17.7 Å². The molecule has 3 aliphatic rings. The van der Waals surface area contributed by atoms with Crippen molar-refractivity contribution in [3.8, 4) is 0 Å². The molecular weight excluding hydrogens is 352 g/mol. The normalized spacial score (nSPS) is 25.7. The summed E-state index contributed by atoms with van der Waals surface area (Å²) in [6.07, 6.45) is 8.94. The number of hydrogen-bond acceptors (Lipinski definition) is 6. The van der Waals surface area contributed by atoms with Crippen LogP contribution in [0.4, 0.5) is 0 Å². The number of carbonyl (C=O) groups excluding carboxylic acids is 3. The number of hydrazine groups is 1. The highest BCUT2D eigenvalue weighted by Gasteiger charge is 2.31. The van der Waals surface area contributed by atoms with Gasteiger partial charge in [0.2, 0.25) is 5.91 Å². The lowest BCUT2D eigenvalue weighted by Crippen LogP contribution is -2.48. The third-order valence-corrected chi connectivity index (χ3v) is 4.51. The minimum absolute atomic E-state index is 0.0161. The number of hydrogen-bond donors (Lipinski definition) is 2. The monoisotopic (exact) mass is 374 g/mol. The van der Waals surface area contributed by atoms with Crippen LogP contribution in [0.1, 0.15) is 26.2 Å². The van der Waals surface area contributed by atoms with E-state index >= 15 is 0 Å². The number of fused-ring (bicyclic) bond motifs is 1. The second-order valence-corrected chi connectivity index (χ2v) is 6.47. The van der Waals surface area contributed by atoms with Crippen molar-refractivity contribution in [1.82, 2.24) is 10.9 Å². The quantitative estimate of drug-likeness (QED) is 0.696. The first-order chi connectivity index (χ1) is 13.1. The van der Waals surface area contributed by atoms with Crippen molar-refractivity contribution >= 4 is 17.7 Å². The minimum Gasteiger partial charge on any atom is -0.376 e. The number of nitrogens with zero attached hydrogens (tertiary/aromatic N) is 2. The first-order valence-corrected chi connectivity index (χ1v) is 8.94. The fourth-order valence-electron chi connectivity index (χ4n) is 2.95. The first-order valence-electron chi connectivity index (χ1n) is 8.94. The highest BCUT2D eigenvalue weighted by molar-refractivity contribution is 5.99. The van der Waals surface area contributed by atoms with Gasteiger partial charge in [0.05, 0.1) is 18.6 Å². The maximum Gasteiger partial charge on any atom is 0.313 e. The van der Waals surface area contributed by atoms with Gasteiger partial charge >= 0.3 is 5.91 Å². The van der Waals surface area contributed by atoms with Gasteiger partial charge in [0.15, 0.2) is 0 Å². The zero-order chi connectivity index (χ0) is 19.2. The van der Waals surface area contributed by atoms with E-state index in [1.165, 1.54) is 0 Å². The maximum absolute atomic E-state index is 12.3. The molecular formula is C18H22N4O5. The largest absolute Gasteiger partial charge is 0.376 e. The Kier molecular flexibility index (Phi) is 6.25. The average Bonchev–Trinajstić information content (AvgIpc) is 2.71. The van der Waals surface area contributed by atoms with Gasteiger partial charge in [-0.2, -0.15) is 0 Å². The molecule has 2 aliphatic heterocycles. The van der Waals surface area contributed by atoms with Gasteiger partial charge in [0.1, 0.15) is 11.8 Å². The van der Waals surface area contributed by atoms with Gasteiger partial charge in [-0.1, -0.05) is 24.3 Å². The van der Waals surface area contributed by atoms with Gasteiger partial charge in [-0.05, 0) is 31.8 Å². The van der Waals surface area contributed by atoms with Gasteiger partial charge in [-0.25, -0.2) is 0 Å². The molecule has 9 nitrogen and oxygen atoms in total. The number of amides is 3. The predicted molar refractivity (Wildman–Crippen MR) is 93.9 cm³/mol. The van der Waals surface area contributed by atoms with E-state index in [0.29, 0.717) is 18.8 Å². The summed E-state index contributed by atoms with van der Waals surface area (Å²) in [5.74, 6) is -2.24. The lowest BCUT2D eigenvalue weighted by atomic mass is 9.91. The molecule has 3 atom stereocenters. The molecule has 3 rings (SSSR count). The van der Waals surface area contributed by atoms with Crippen LogP contribution in [0.3, 0.4) is 0 Å². The summed E-state index contributed by atoms with van der Waals surface area (Å²) in [5, 5.41) is 6.94. The third kappa shape index (κ3) is 4.75. The van der Waals surface area contributed by atoms with Gasteiger partial charge in [-0.3, -0.25) is 25.2 Å². The fourth-order valence-corrected chi connectivity index (χ4v) is 2.95. The van der Waals surface area contributed by atoms with E-state index in [0.717, 1.165) is 19.3 Å². The van der Waals surface area contributed by atoms with E-state index in [1.54, 1.807) is 31.2 Å². The summed E-state index contributed by atoms with van der Waals surface area (Å²) in [5.41, 5.74) is 5.49. The molecule has 9 heteroatoms. The molecule has 0 radical (unpaired) electrons. The summed E-state index contributed by atoms with van der Waals surface area (Å²) < 4.78 is 11.0. The van der Waals surface area contributed by atoms with Crippen molar-refractivity contribution in [2.75, 3.05) is 13.2 Å². The topological polar surface area (TPSA) is 118 Å². The van der Waals surface area contributed by atoms with Crippen LogP contribution in [0.2, 0.25) is 0 Å². The Bertz CT molecular complexity index is 734. The van der Waals surface area contributed by atoms with Gasteiger partial charge < -0.3 is 9.47 Å². The lowest BCUT2D eigenvalue weighted by Gasteiger charge is -2.25. The first kappa shape index (κ1) is 19.1. The number of nitrogens with one attached hydrogen (secondary N) is 2. The average molecular weight is 374 g/mol. The van der Waals surface area contributed by atoms with Gasteiger partial charge in [0.25, 0.3) is 5.91 Å². The molecule has 0 aromatic rings. The molecule has 0 bridgehead atoms. The molecule has 3 amide bonds. The second-order valence-electron chi connectivity index (χ2n) is 6.47. The number of rotatable bonds is 5. The zero-order valence-corrected chi connectivity index (χ0v) is 15.0. The smallest absolute Gasteiger partial charge is 0.313 e. The summed E-state index contributed by atoms with van der Waals surface area (Å²) in [6, 6.07) is 0. The Morgan fingerprint density at radius 1 is 1.30 bits per heavy atom. The Morgan fingerprint density at radius 3 is 2.93 bits per heavy atom. The molecule has 144 valence electrons. The van der Waals surface area contributed by atoms with Crippen LogP contribution in [-0.2, 0) is 23.9 Å². The van der Waals surface area contributed by atoms with Crippen molar-refractivity contribution in [3.63, 3.8) is 0 Å². The summed E-state index contributed by atoms with van der Waals surface area (Å²) in [4.78, 5) is 36.1. The zero-order valence-electron chi connectivity index (χ0n) is 15.0. The third-order valence-electron chi connectivity index (χ3n) is 4.51. The fraction of sp³-hybridized carbons (Fsp3) is 0.500. The maximum atomic E-state index is 12.3. The van der Waals surface area contributed by atoms with Crippen LogP contribution in [0, 0.1) is 5.92 Å². The van der Waals surface area contributed by atoms with Crippen LogP contribution in [0.5, 0.6) is 0 Å². The van der Waals surface area contributed by atoms with E-state index in [2.05, 4.69) is 21.1 Å². The molecule has 3 unspecified atom stereocenters. The Morgan fingerprint density at radius 2 is 2.15 bits per heavy atom. The van der Waals surface area contributed by atoms with E-state index in [4.69, 9.17) is 9.47 Å². The van der Waals surface area contributed by atoms with Gasteiger partial charge in [-0.15, -0.1) is 10.2 Å². The molecule has 0 aromatic carbocycles. The molecule has 2 N–H and O–H groups in total. The summed E-state index contributed by atoms with van der Waals surface area (Å²) in [7, 11) is 0. The van der Waals surface area contributed by atoms with Crippen molar-refractivity contribution in [1.29, 1.82) is 0 Å². The number of carbonyl (C=O) groups is 3. The lowest BCUT2D eigenvalue weighted by molar-refractivity contribution is -0.133. The molecule has 2 heterocycles. The van der Waals surface area contributed by atoms with Crippen LogP contribution in [0.25, 0.3) is 0 Å². The minimum atomic E-state index is -0.825. The van der Waals surface area contributed by atoms with E-state index in [1.807, 2.05) is 0 Å². The number of ether oxygens (including phenoxy) is 2. The van der Waals surface area contributed by atoms with E-state index in [9.17, 15) is 14.4 Å².